The Morgan fingerprint density at radius 2 is 2.00 bits per heavy atom. The van der Waals surface area contributed by atoms with E-state index in [2.05, 4.69) is 18.7 Å². The molecule has 0 aromatic heterocycles. The molecule has 3 nitrogen and oxygen atoms in total. The van der Waals surface area contributed by atoms with Gasteiger partial charge in [-0.3, -0.25) is 9.69 Å². The minimum absolute atomic E-state index is 0.217. The number of carboxylic acid groups (broad SMARTS) is 1. The maximum atomic E-state index is 11.6. The lowest BCUT2D eigenvalue weighted by Gasteiger charge is -2.40. The van der Waals surface area contributed by atoms with Crippen molar-refractivity contribution in [2.45, 2.75) is 76.9 Å². The number of rotatable bonds is 3. The largest absolute Gasteiger partial charge is 0.480 e. The first kappa shape index (κ1) is 12.5. The molecular weight excluding hydrogens is 226 g/mol. The Morgan fingerprint density at radius 1 is 1.33 bits per heavy atom. The smallest absolute Gasteiger partial charge is 0.320 e. The molecule has 3 heteroatoms. The van der Waals surface area contributed by atoms with Crippen molar-refractivity contribution in [2.75, 3.05) is 0 Å². The van der Waals surface area contributed by atoms with Crippen LogP contribution in [0.3, 0.4) is 0 Å². The van der Waals surface area contributed by atoms with E-state index in [1.165, 1.54) is 38.5 Å². The number of carbonyl (C=O) groups is 1. The number of hydrogen-bond donors (Lipinski definition) is 1. The standard InChI is InChI=1S/C15H25NO2/c1-10(15(2)7-8-15)16-12-6-4-3-5-11(12)9-13(16)14(17)18/h10-13H,3-9H2,1-2H3,(H,17,18). The van der Waals surface area contributed by atoms with Gasteiger partial charge in [0.05, 0.1) is 0 Å². The van der Waals surface area contributed by atoms with Crippen molar-refractivity contribution in [3.8, 4) is 0 Å². The van der Waals surface area contributed by atoms with Gasteiger partial charge in [0, 0.05) is 12.1 Å². The summed E-state index contributed by atoms with van der Waals surface area (Å²) >= 11 is 0. The molecule has 0 radical (unpaired) electrons. The van der Waals surface area contributed by atoms with E-state index < -0.39 is 5.97 Å². The Labute approximate surface area is 110 Å². The van der Waals surface area contributed by atoms with E-state index in [1.807, 2.05) is 0 Å². The molecule has 3 aliphatic rings. The van der Waals surface area contributed by atoms with Gasteiger partial charge in [-0.25, -0.2) is 0 Å². The van der Waals surface area contributed by atoms with Crippen molar-refractivity contribution in [2.24, 2.45) is 11.3 Å². The molecule has 3 fully saturated rings. The molecule has 1 aliphatic heterocycles. The number of nitrogens with zero attached hydrogens (tertiary/aromatic N) is 1. The topological polar surface area (TPSA) is 40.5 Å². The SMILES string of the molecule is CC(N1C(C(=O)O)CC2CCCCC21)C1(C)CC1. The van der Waals surface area contributed by atoms with Crippen LogP contribution in [-0.4, -0.2) is 34.1 Å². The molecule has 4 atom stereocenters. The zero-order valence-electron chi connectivity index (χ0n) is 11.6. The third-order valence-electron chi connectivity index (χ3n) is 5.92. The molecule has 102 valence electrons. The highest BCUT2D eigenvalue weighted by Crippen LogP contribution is 2.53. The Bertz CT molecular complexity index is 350. The summed E-state index contributed by atoms with van der Waals surface area (Å²) in [7, 11) is 0. The van der Waals surface area contributed by atoms with E-state index in [-0.39, 0.29) is 6.04 Å². The molecule has 1 saturated heterocycles. The molecule has 0 aromatic rings. The van der Waals surface area contributed by atoms with Crippen LogP contribution in [0.15, 0.2) is 0 Å². The Balaban J connectivity index is 1.84. The fourth-order valence-corrected chi connectivity index (χ4v) is 4.26. The molecule has 1 heterocycles. The van der Waals surface area contributed by atoms with E-state index in [1.54, 1.807) is 0 Å². The van der Waals surface area contributed by atoms with Crippen LogP contribution in [0.2, 0.25) is 0 Å². The van der Waals surface area contributed by atoms with Gasteiger partial charge in [-0.05, 0) is 50.4 Å². The van der Waals surface area contributed by atoms with Crippen molar-refractivity contribution in [3.63, 3.8) is 0 Å². The van der Waals surface area contributed by atoms with Gasteiger partial charge in [0.15, 0.2) is 0 Å². The predicted octanol–water partition coefficient (Wildman–Crippen LogP) is 2.89. The van der Waals surface area contributed by atoms with E-state index in [0.29, 0.717) is 23.4 Å². The van der Waals surface area contributed by atoms with Gasteiger partial charge in [0.25, 0.3) is 0 Å². The highest BCUT2D eigenvalue weighted by molar-refractivity contribution is 5.74. The molecule has 3 rings (SSSR count). The highest BCUT2D eigenvalue weighted by Gasteiger charge is 2.53. The summed E-state index contributed by atoms with van der Waals surface area (Å²) in [4.78, 5) is 14.0. The van der Waals surface area contributed by atoms with Crippen molar-refractivity contribution in [3.05, 3.63) is 0 Å². The first-order valence-electron chi connectivity index (χ1n) is 7.53. The molecule has 0 bridgehead atoms. The molecule has 2 saturated carbocycles. The molecule has 2 aliphatic carbocycles. The second-order valence-electron chi connectivity index (χ2n) is 6.98. The van der Waals surface area contributed by atoms with Crippen LogP contribution in [0.1, 0.15) is 58.8 Å². The van der Waals surface area contributed by atoms with Crippen molar-refractivity contribution in [1.82, 2.24) is 4.90 Å². The van der Waals surface area contributed by atoms with Gasteiger partial charge >= 0.3 is 5.97 Å². The fourth-order valence-electron chi connectivity index (χ4n) is 4.26. The summed E-state index contributed by atoms with van der Waals surface area (Å²) in [5.41, 5.74) is 0.389. The average Bonchev–Trinajstić information content (AvgIpc) is 2.98. The average molecular weight is 251 g/mol. The zero-order valence-corrected chi connectivity index (χ0v) is 11.6. The first-order valence-corrected chi connectivity index (χ1v) is 7.53. The quantitative estimate of drug-likeness (QED) is 0.838. The Kier molecular flexibility index (Phi) is 2.92. The second kappa shape index (κ2) is 4.22. The normalized spacial score (nSPS) is 40.2. The number of fused-ring (bicyclic) bond motifs is 1. The number of hydrogen-bond acceptors (Lipinski definition) is 2. The molecule has 0 aromatic carbocycles. The van der Waals surface area contributed by atoms with Crippen molar-refractivity contribution >= 4 is 5.97 Å². The van der Waals surface area contributed by atoms with Gasteiger partial charge in [0.2, 0.25) is 0 Å². The predicted molar refractivity (Wildman–Crippen MR) is 70.4 cm³/mol. The van der Waals surface area contributed by atoms with Crippen molar-refractivity contribution < 1.29 is 9.90 Å². The third-order valence-corrected chi connectivity index (χ3v) is 5.92. The minimum atomic E-state index is -0.597. The number of carboxylic acids is 1. The number of aliphatic carboxylic acids is 1. The van der Waals surface area contributed by atoms with Crippen LogP contribution >= 0.6 is 0 Å². The summed E-state index contributed by atoms with van der Waals surface area (Å²) in [6.45, 7) is 4.59. The van der Waals surface area contributed by atoms with E-state index in [9.17, 15) is 9.90 Å². The first-order chi connectivity index (χ1) is 8.53. The third kappa shape index (κ3) is 1.87. The summed E-state index contributed by atoms with van der Waals surface area (Å²) < 4.78 is 0. The van der Waals surface area contributed by atoms with Crippen LogP contribution in [0, 0.1) is 11.3 Å². The van der Waals surface area contributed by atoms with Gasteiger partial charge < -0.3 is 5.11 Å². The highest BCUT2D eigenvalue weighted by atomic mass is 16.4. The summed E-state index contributed by atoms with van der Waals surface area (Å²) in [5, 5.41) is 9.52. The Morgan fingerprint density at radius 3 is 2.61 bits per heavy atom. The molecule has 0 amide bonds. The lowest BCUT2D eigenvalue weighted by atomic mass is 9.84. The van der Waals surface area contributed by atoms with E-state index >= 15 is 0 Å². The monoisotopic (exact) mass is 251 g/mol. The zero-order chi connectivity index (χ0) is 12.9. The van der Waals surface area contributed by atoms with Crippen LogP contribution in [0.25, 0.3) is 0 Å². The van der Waals surface area contributed by atoms with Crippen LogP contribution in [0.4, 0.5) is 0 Å². The second-order valence-corrected chi connectivity index (χ2v) is 6.98. The molecule has 0 spiro atoms. The van der Waals surface area contributed by atoms with Crippen LogP contribution in [0.5, 0.6) is 0 Å². The van der Waals surface area contributed by atoms with Gasteiger partial charge in [-0.1, -0.05) is 19.8 Å². The maximum absolute atomic E-state index is 11.6. The van der Waals surface area contributed by atoms with Gasteiger partial charge in [-0.15, -0.1) is 0 Å². The lowest BCUT2D eigenvalue weighted by molar-refractivity contribution is -0.144. The summed E-state index contributed by atoms with van der Waals surface area (Å²) in [5.74, 6) is 0.0464. The van der Waals surface area contributed by atoms with Crippen LogP contribution in [-0.2, 0) is 4.79 Å². The minimum Gasteiger partial charge on any atom is -0.480 e. The molecule has 1 N–H and O–H groups in total. The van der Waals surface area contributed by atoms with E-state index in [0.717, 1.165) is 6.42 Å². The fraction of sp³-hybridized carbons (Fsp3) is 0.933. The summed E-state index contributed by atoms with van der Waals surface area (Å²) in [6.07, 6.45) is 8.48. The lowest BCUT2D eigenvalue weighted by Crippen LogP contribution is -2.50. The molecule has 18 heavy (non-hydrogen) atoms. The van der Waals surface area contributed by atoms with E-state index in [4.69, 9.17) is 0 Å². The molecule has 4 unspecified atom stereocenters. The number of likely N-dealkylation sites (tertiary alicyclic amines) is 1. The Hall–Kier alpha value is -0.570. The maximum Gasteiger partial charge on any atom is 0.320 e. The summed E-state index contributed by atoms with van der Waals surface area (Å²) in [6, 6.07) is 0.768. The molecular formula is C15H25NO2. The van der Waals surface area contributed by atoms with Gasteiger partial charge in [-0.2, -0.15) is 0 Å². The van der Waals surface area contributed by atoms with Crippen molar-refractivity contribution in [1.29, 1.82) is 0 Å². The van der Waals surface area contributed by atoms with Crippen LogP contribution < -0.4 is 0 Å². The van der Waals surface area contributed by atoms with Gasteiger partial charge in [0.1, 0.15) is 6.04 Å².